The maximum absolute atomic E-state index is 5.46. The molecule has 1 N–H and O–H groups in total. The number of methoxy groups -OCH3 is 1. The summed E-state index contributed by atoms with van der Waals surface area (Å²) >= 11 is 3.66. The van der Waals surface area contributed by atoms with Crippen molar-refractivity contribution in [3.05, 3.63) is 36.4 Å². The molecule has 144 valence electrons. The van der Waals surface area contributed by atoms with Gasteiger partial charge in [0.05, 0.1) is 18.5 Å². The van der Waals surface area contributed by atoms with E-state index in [1.165, 1.54) is 45.3 Å². The van der Waals surface area contributed by atoms with Gasteiger partial charge in [0.25, 0.3) is 0 Å². The van der Waals surface area contributed by atoms with Crippen LogP contribution in [0.25, 0.3) is 0 Å². The topological polar surface area (TPSA) is 24.5 Å². The number of benzene rings is 2. The van der Waals surface area contributed by atoms with Crippen LogP contribution in [0.5, 0.6) is 5.75 Å². The molecule has 2 aromatic carbocycles. The molecule has 0 saturated carbocycles. The van der Waals surface area contributed by atoms with Gasteiger partial charge in [0.1, 0.15) is 5.75 Å². The lowest BCUT2D eigenvalue weighted by Crippen LogP contribution is -2.39. The molecule has 2 aliphatic heterocycles. The van der Waals surface area contributed by atoms with Crippen LogP contribution in [0.2, 0.25) is 0 Å². The van der Waals surface area contributed by atoms with Crippen LogP contribution in [-0.2, 0) is 0 Å². The summed E-state index contributed by atoms with van der Waals surface area (Å²) < 4.78 is 5.46. The fourth-order valence-corrected chi connectivity index (χ4v) is 5.60. The number of hydrogen-bond donors (Lipinski definition) is 1. The highest BCUT2D eigenvalue weighted by atomic mass is 32.2. The van der Waals surface area contributed by atoms with Crippen LogP contribution in [0.4, 0.5) is 11.4 Å². The number of thioether (sulfide) groups is 1. The highest BCUT2D eigenvalue weighted by molar-refractivity contribution is 8.00. The van der Waals surface area contributed by atoms with Crippen LogP contribution in [-0.4, -0.2) is 32.5 Å². The van der Waals surface area contributed by atoms with E-state index < -0.39 is 0 Å². The summed E-state index contributed by atoms with van der Waals surface area (Å²) in [5.74, 6) is 1.76. The second-order valence-corrected chi connectivity index (χ2v) is 9.45. The quantitative estimate of drug-likeness (QED) is 0.640. The Morgan fingerprint density at radius 2 is 2.07 bits per heavy atom. The minimum absolute atomic E-state index is 0.622. The molecule has 2 aromatic rings. The van der Waals surface area contributed by atoms with Crippen molar-refractivity contribution in [1.82, 2.24) is 5.32 Å². The van der Waals surface area contributed by atoms with Crippen LogP contribution in [0.15, 0.2) is 51.1 Å². The number of nitrogens with one attached hydrogen (secondary N) is 1. The van der Waals surface area contributed by atoms with Gasteiger partial charge in [-0.25, -0.2) is 0 Å². The monoisotopic (exact) mass is 400 g/mol. The first-order valence-corrected chi connectivity index (χ1v) is 11.8. The Kier molecular flexibility index (Phi) is 5.90. The molecule has 2 heterocycles. The van der Waals surface area contributed by atoms with Gasteiger partial charge in [-0.1, -0.05) is 18.7 Å². The summed E-state index contributed by atoms with van der Waals surface area (Å²) in [6.07, 6.45) is 5.91. The maximum Gasteiger partial charge on any atom is 0.120 e. The van der Waals surface area contributed by atoms with Gasteiger partial charge in [0, 0.05) is 27.3 Å². The number of ether oxygens (including phenoxy) is 1. The Morgan fingerprint density at radius 1 is 1.19 bits per heavy atom. The first kappa shape index (κ1) is 19.0. The van der Waals surface area contributed by atoms with Crippen molar-refractivity contribution >= 4 is 34.9 Å². The lowest BCUT2D eigenvalue weighted by molar-refractivity contribution is 0.310. The average molecular weight is 401 g/mol. The van der Waals surface area contributed by atoms with Crippen LogP contribution >= 0.6 is 23.5 Å². The van der Waals surface area contributed by atoms with Gasteiger partial charge in [-0.15, -0.1) is 11.8 Å². The second kappa shape index (κ2) is 8.38. The Bertz CT molecular complexity index is 811. The van der Waals surface area contributed by atoms with E-state index in [0.29, 0.717) is 6.04 Å². The third-order valence-electron chi connectivity index (χ3n) is 5.59. The van der Waals surface area contributed by atoms with Crippen molar-refractivity contribution < 1.29 is 4.74 Å². The summed E-state index contributed by atoms with van der Waals surface area (Å²) in [4.78, 5) is 6.45. The Balaban J connectivity index is 1.64. The molecular weight excluding hydrogens is 372 g/mol. The number of nitrogens with zero attached hydrogens (tertiary/aromatic N) is 1. The lowest BCUT2D eigenvalue weighted by Gasteiger charge is -2.35. The number of hydrogen-bond acceptors (Lipinski definition) is 5. The van der Waals surface area contributed by atoms with Crippen molar-refractivity contribution in [2.24, 2.45) is 5.92 Å². The van der Waals surface area contributed by atoms with E-state index in [0.717, 1.165) is 24.8 Å². The summed E-state index contributed by atoms with van der Waals surface area (Å²) in [6, 6.07) is 13.9. The molecular formula is C22H28N2OS2. The van der Waals surface area contributed by atoms with Crippen molar-refractivity contribution in [2.75, 3.05) is 31.4 Å². The number of anilines is 2. The zero-order chi connectivity index (χ0) is 18.8. The molecule has 4 rings (SSSR count). The Hall–Kier alpha value is -1.30. The zero-order valence-electron chi connectivity index (χ0n) is 16.3. The molecule has 2 atom stereocenters. The summed E-state index contributed by atoms with van der Waals surface area (Å²) in [7, 11) is 1.74. The molecule has 27 heavy (non-hydrogen) atoms. The highest BCUT2D eigenvalue weighted by Gasteiger charge is 2.26. The first-order valence-electron chi connectivity index (χ1n) is 9.73. The largest absolute Gasteiger partial charge is 0.497 e. The summed E-state index contributed by atoms with van der Waals surface area (Å²) in [6.45, 7) is 4.57. The zero-order valence-corrected chi connectivity index (χ0v) is 18.0. The molecule has 2 aliphatic rings. The maximum atomic E-state index is 5.46. The molecule has 2 unspecified atom stereocenters. The molecule has 5 heteroatoms. The van der Waals surface area contributed by atoms with Crippen molar-refractivity contribution in [1.29, 1.82) is 0 Å². The molecule has 0 aliphatic carbocycles. The van der Waals surface area contributed by atoms with E-state index in [1.54, 1.807) is 7.11 Å². The van der Waals surface area contributed by atoms with E-state index in [1.807, 2.05) is 23.5 Å². The third kappa shape index (κ3) is 4.10. The molecule has 0 aromatic heterocycles. The van der Waals surface area contributed by atoms with Crippen LogP contribution < -0.4 is 15.0 Å². The van der Waals surface area contributed by atoms with Crippen molar-refractivity contribution in [2.45, 2.75) is 46.9 Å². The van der Waals surface area contributed by atoms with Gasteiger partial charge >= 0.3 is 0 Å². The molecule has 0 radical (unpaired) electrons. The fourth-order valence-electron chi connectivity index (χ4n) is 4.06. The standard InChI is InChI=1S/C22H28N2OS2/c1-15-8-10-23-16(12-15)9-11-24-19-6-4-17(25-2)13-22(19)27-21-7-5-18(26-3)14-20(21)24/h4-7,13-16,23H,8-12H2,1-3H3. The van der Waals surface area contributed by atoms with E-state index in [4.69, 9.17) is 4.74 Å². The smallest absolute Gasteiger partial charge is 0.120 e. The van der Waals surface area contributed by atoms with E-state index in [-0.39, 0.29) is 0 Å². The number of rotatable bonds is 5. The van der Waals surface area contributed by atoms with Gasteiger partial charge in [-0.3, -0.25) is 0 Å². The first-order chi connectivity index (χ1) is 13.2. The predicted octanol–water partition coefficient (Wildman–Crippen LogP) is 5.80. The molecule has 1 saturated heterocycles. The number of fused-ring (bicyclic) bond motifs is 2. The normalized spacial score (nSPS) is 21.5. The lowest BCUT2D eigenvalue weighted by atomic mass is 9.92. The average Bonchev–Trinajstić information content (AvgIpc) is 2.70. The van der Waals surface area contributed by atoms with E-state index in [9.17, 15) is 0 Å². The summed E-state index contributed by atoms with van der Waals surface area (Å²) in [5.41, 5.74) is 2.64. The Morgan fingerprint density at radius 3 is 2.85 bits per heavy atom. The number of piperidine rings is 1. The van der Waals surface area contributed by atoms with Crippen LogP contribution in [0.1, 0.15) is 26.2 Å². The third-order valence-corrected chi connectivity index (χ3v) is 7.43. The van der Waals surface area contributed by atoms with E-state index >= 15 is 0 Å². The van der Waals surface area contributed by atoms with Gasteiger partial charge < -0.3 is 15.0 Å². The predicted molar refractivity (Wildman–Crippen MR) is 117 cm³/mol. The fraction of sp³-hybridized carbons (Fsp3) is 0.455. The van der Waals surface area contributed by atoms with Gasteiger partial charge in [0.2, 0.25) is 0 Å². The molecule has 0 spiro atoms. The van der Waals surface area contributed by atoms with Gasteiger partial charge in [-0.2, -0.15) is 0 Å². The molecule has 0 bridgehead atoms. The van der Waals surface area contributed by atoms with Crippen molar-refractivity contribution in [3.63, 3.8) is 0 Å². The second-order valence-electron chi connectivity index (χ2n) is 7.49. The summed E-state index contributed by atoms with van der Waals surface area (Å²) in [5, 5.41) is 3.72. The highest BCUT2D eigenvalue weighted by Crippen LogP contribution is 2.50. The van der Waals surface area contributed by atoms with Crippen molar-refractivity contribution in [3.8, 4) is 5.75 Å². The molecule has 1 fully saturated rings. The Labute approximate surface area is 171 Å². The molecule has 3 nitrogen and oxygen atoms in total. The van der Waals surface area contributed by atoms with E-state index in [2.05, 4.69) is 59.8 Å². The van der Waals surface area contributed by atoms with Crippen LogP contribution in [0.3, 0.4) is 0 Å². The van der Waals surface area contributed by atoms with Gasteiger partial charge in [-0.05, 0) is 74.4 Å². The van der Waals surface area contributed by atoms with Gasteiger partial charge in [0.15, 0.2) is 0 Å². The SMILES string of the molecule is COc1ccc2c(c1)Sc1ccc(SC)cc1N2CCC1CC(C)CCN1. The minimum Gasteiger partial charge on any atom is -0.497 e. The van der Waals surface area contributed by atoms with Crippen LogP contribution in [0, 0.1) is 5.92 Å². The minimum atomic E-state index is 0.622. The molecule has 0 amide bonds.